The first-order valence-corrected chi connectivity index (χ1v) is 7.75. The van der Waals surface area contributed by atoms with E-state index in [4.69, 9.17) is 5.11 Å². The van der Waals surface area contributed by atoms with E-state index in [9.17, 15) is 4.79 Å². The van der Waals surface area contributed by atoms with Gasteiger partial charge in [-0.15, -0.1) is 0 Å². The number of carboxylic acid groups (broad SMARTS) is 1. The zero-order chi connectivity index (χ0) is 14.7. The van der Waals surface area contributed by atoms with Crippen LogP contribution in [0.5, 0.6) is 0 Å². The van der Waals surface area contributed by atoms with Crippen molar-refractivity contribution in [3.63, 3.8) is 0 Å². The average Bonchev–Trinajstić information content (AvgIpc) is 2.76. The Morgan fingerprint density at radius 2 is 2.05 bits per heavy atom. The van der Waals surface area contributed by atoms with Crippen molar-refractivity contribution in [2.75, 3.05) is 5.75 Å². The molecule has 1 N–H and O–H groups in total. The SMILES string of the molecule is CCC(CC)n1c(SCC(=O)O)nc2ccc(C)nc21. The van der Waals surface area contributed by atoms with Gasteiger partial charge in [0.2, 0.25) is 0 Å². The molecule has 20 heavy (non-hydrogen) atoms. The topological polar surface area (TPSA) is 68.0 Å². The molecule has 0 aliphatic carbocycles. The van der Waals surface area contributed by atoms with Crippen molar-refractivity contribution >= 4 is 28.9 Å². The number of carboxylic acids is 1. The van der Waals surface area contributed by atoms with Gasteiger partial charge in [-0.25, -0.2) is 9.97 Å². The summed E-state index contributed by atoms with van der Waals surface area (Å²) in [6, 6.07) is 4.17. The van der Waals surface area contributed by atoms with E-state index < -0.39 is 5.97 Å². The van der Waals surface area contributed by atoms with Crippen LogP contribution < -0.4 is 0 Å². The molecular weight excluding hydrogens is 274 g/mol. The van der Waals surface area contributed by atoms with Crippen LogP contribution in [0.15, 0.2) is 17.3 Å². The predicted molar refractivity (Wildman–Crippen MR) is 80.2 cm³/mol. The number of hydrogen-bond acceptors (Lipinski definition) is 4. The first-order chi connectivity index (χ1) is 9.56. The average molecular weight is 293 g/mol. The highest BCUT2D eigenvalue weighted by molar-refractivity contribution is 7.99. The van der Waals surface area contributed by atoms with Gasteiger partial charge in [-0.2, -0.15) is 0 Å². The smallest absolute Gasteiger partial charge is 0.313 e. The van der Waals surface area contributed by atoms with E-state index in [2.05, 4.69) is 28.4 Å². The molecule has 5 nitrogen and oxygen atoms in total. The van der Waals surface area contributed by atoms with Crippen LogP contribution in [0.4, 0.5) is 0 Å². The van der Waals surface area contributed by atoms with E-state index in [1.165, 1.54) is 11.8 Å². The molecule has 108 valence electrons. The standard InChI is InChI=1S/C14H19N3O2S/c1-4-10(5-2)17-13-11(7-6-9(3)15-13)16-14(17)20-8-12(18)19/h6-7,10H,4-5,8H2,1-3H3,(H,18,19). The molecule has 0 fully saturated rings. The summed E-state index contributed by atoms with van der Waals surface area (Å²) in [6.07, 6.45) is 1.94. The number of thioether (sulfide) groups is 1. The lowest BCUT2D eigenvalue weighted by molar-refractivity contribution is -0.133. The summed E-state index contributed by atoms with van der Waals surface area (Å²) in [4.78, 5) is 19.9. The molecular formula is C14H19N3O2S. The zero-order valence-electron chi connectivity index (χ0n) is 12.0. The Balaban J connectivity index is 2.53. The molecule has 2 heterocycles. The van der Waals surface area contributed by atoms with E-state index in [0.717, 1.165) is 34.9 Å². The predicted octanol–water partition coefficient (Wildman–Crippen LogP) is 3.28. The van der Waals surface area contributed by atoms with Crippen LogP contribution in [0.1, 0.15) is 38.4 Å². The summed E-state index contributed by atoms with van der Waals surface area (Å²) >= 11 is 1.26. The van der Waals surface area contributed by atoms with Crippen LogP contribution in [0.25, 0.3) is 11.2 Å². The molecule has 2 rings (SSSR count). The van der Waals surface area contributed by atoms with Crippen LogP contribution in [-0.2, 0) is 4.79 Å². The lowest BCUT2D eigenvalue weighted by atomic mass is 10.2. The summed E-state index contributed by atoms with van der Waals surface area (Å²) in [6.45, 7) is 6.20. The van der Waals surface area contributed by atoms with Crippen LogP contribution in [0.3, 0.4) is 0 Å². The maximum atomic E-state index is 10.8. The first kappa shape index (κ1) is 14.8. The third-order valence-corrected chi connectivity index (χ3v) is 4.21. The fourth-order valence-electron chi connectivity index (χ4n) is 2.26. The fraction of sp³-hybridized carbons (Fsp3) is 0.500. The number of carbonyl (C=O) groups is 1. The van der Waals surface area contributed by atoms with Gasteiger partial charge < -0.3 is 9.67 Å². The van der Waals surface area contributed by atoms with Crippen molar-refractivity contribution < 1.29 is 9.90 Å². The van der Waals surface area contributed by atoms with Gasteiger partial charge in [0.25, 0.3) is 0 Å². The number of aromatic nitrogens is 3. The molecule has 0 atom stereocenters. The van der Waals surface area contributed by atoms with Gasteiger partial charge in [-0.3, -0.25) is 4.79 Å². The van der Waals surface area contributed by atoms with Gasteiger partial charge in [0.15, 0.2) is 10.8 Å². The van der Waals surface area contributed by atoms with Crippen LogP contribution >= 0.6 is 11.8 Å². The Morgan fingerprint density at radius 3 is 2.65 bits per heavy atom. The molecule has 0 aromatic carbocycles. The highest BCUT2D eigenvalue weighted by Crippen LogP contribution is 2.29. The number of aliphatic carboxylic acids is 1. The summed E-state index contributed by atoms with van der Waals surface area (Å²) in [5, 5.41) is 9.61. The second kappa shape index (κ2) is 6.26. The monoisotopic (exact) mass is 293 g/mol. The number of imidazole rings is 1. The maximum absolute atomic E-state index is 10.8. The molecule has 0 unspecified atom stereocenters. The fourth-order valence-corrected chi connectivity index (χ4v) is 3.05. The summed E-state index contributed by atoms with van der Waals surface area (Å²) in [5.74, 6) is -0.815. The summed E-state index contributed by atoms with van der Waals surface area (Å²) in [7, 11) is 0. The quantitative estimate of drug-likeness (QED) is 0.828. The Kier molecular flexibility index (Phi) is 4.65. The molecule has 0 saturated heterocycles. The third-order valence-electron chi connectivity index (χ3n) is 3.28. The van der Waals surface area contributed by atoms with Crippen molar-refractivity contribution in [2.24, 2.45) is 0 Å². The van der Waals surface area contributed by atoms with E-state index in [0.29, 0.717) is 6.04 Å². The largest absolute Gasteiger partial charge is 0.481 e. The second-order valence-electron chi connectivity index (χ2n) is 4.71. The van der Waals surface area contributed by atoms with Crippen molar-refractivity contribution in [1.29, 1.82) is 0 Å². The van der Waals surface area contributed by atoms with E-state index in [-0.39, 0.29) is 5.75 Å². The minimum atomic E-state index is -0.831. The number of aryl methyl sites for hydroxylation is 1. The molecule has 2 aromatic heterocycles. The zero-order valence-corrected chi connectivity index (χ0v) is 12.8. The van der Waals surface area contributed by atoms with Crippen molar-refractivity contribution in [2.45, 2.75) is 44.8 Å². The summed E-state index contributed by atoms with van der Waals surface area (Å²) < 4.78 is 2.09. The Labute approximate surface area is 122 Å². The van der Waals surface area contributed by atoms with Gasteiger partial charge in [-0.05, 0) is 31.9 Å². The number of rotatable bonds is 6. The molecule has 0 spiro atoms. The number of pyridine rings is 1. The van der Waals surface area contributed by atoms with Crippen LogP contribution in [0, 0.1) is 6.92 Å². The number of hydrogen-bond donors (Lipinski definition) is 1. The lowest BCUT2D eigenvalue weighted by Gasteiger charge is -2.17. The number of nitrogens with zero attached hydrogens (tertiary/aromatic N) is 3. The molecule has 0 amide bonds. The van der Waals surface area contributed by atoms with E-state index >= 15 is 0 Å². The van der Waals surface area contributed by atoms with Crippen LogP contribution in [0.2, 0.25) is 0 Å². The van der Waals surface area contributed by atoms with Crippen molar-refractivity contribution in [3.8, 4) is 0 Å². The van der Waals surface area contributed by atoms with Gasteiger partial charge in [0.05, 0.1) is 5.75 Å². The normalized spacial score (nSPS) is 11.4. The Hall–Kier alpha value is -1.56. The van der Waals surface area contributed by atoms with Crippen LogP contribution in [-0.4, -0.2) is 31.4 Å². The number of fused-ring (bicyclic) bond motifs is 1. The van der Waals surface area contributed by atoms with Crippen molar-refractivity contribution in [1.82, 2.24) is 14.5 Å². The van der Waals surface area contributed by atoms with Crippen molar-refractivity contribution in [3.05, 3.63) is 17.8 Å². The molecule has 0 bridgehead atoms. The maximum Gasteiger partial charge on any atom is 0.313 e. The highest BCUT2D eigenvalue weighted by Gasteiger charge is 2.19. The third kappa shape index (κ3) is 2.95. The Morgan fingerprint density at radius 1 is 1.35 bits per heavy atom. The van der Waals surface area contributed by atoms with E-state index in [1.807, 2.05) is 19.1 Å². The highest BCUT2D eigenvalue weighted by atomic mass is 32.2. The minimum absolute atomic E-state index is 0.0163. The first-order valence-electron chi connectivity index (χ1n) is 6.77. The molecule has 0 aliphatic heterocycles. The molecule has 0 aliphatic rings. The van der Waals surface area contributed by atoms with E-state index in [1.54, 1.807) is 0 Å². The molecule has 2 aromatic rings. The molecule has 0 radical (unpaired) electrons. The van der Waals surface area contributed by atoms with Gasteiger partial charge in [-0.1, -0.05) is 25.6 Å². The minimum Gasteiger partial charge on any atom is -0.481 e. The second-order valence-corrected chi connectivity index (χ2v) is 5.65. The lowest BCUT2D eigenvalue weighted by Crippen LogP contribution is -2.10. The molecule has 0 saturated carbocycles. The summed E-state index contributed by atoms with van der Waals surface area (Å²) in [5.41, 5.74) is 2.63. The Bertz CT molecular complexity index is 620. The van der Waals surface area contributed by atoms with Gasteiger partial charge in [0, 0.05) is 11.7 Å². The van der Waals surface area contributed by atoms with Gasteiger partial charge >= 0.3 is 5.97 Å². The van der Waals surface area contributed by atoms with Gasteiger partial charge in [0.1, 0.15) is 5.52 Å². The molecule has 6 heteroatoms.